The number of hydrogen-bond acceptors (Lipinski definition) is 2. The van der Waals surface area contributed by atoms with Crippen molar-refractivity contribution in [2.75, 3.05) is 4.90 Å². The summed E-state index contributed by atoms with van der Waals surface area (Å²) in [5.41, 5.74) is 3.31. The maximum absolute atomic E-state index is 5.30. The molecule has 0 N–H and O–H groups in total. The Morgan fingerprint density at radius 1 is 0.636 bits per heavy atom. The first-order valence-electron chi connectivity index (χ1n) is 7.16. The highest BCUT2D eigenvalue weighted by Gasteiger charge is 2.11. The second kappa shape index (κ2) is 6.64. The average Bonchev–Trinajstić information content (AvgIpc) is 2.59. The van der Waals surface area contributed by atoms with Gasteiger partial charge in [-0.1, -0.05) is 43.0 Å². The number of para-hydroxylation sites is 2. The molecule has 0 bridgehead atoms. The van der Waals surface area contributed by atoms with Crippen LogP contribution in [0.4, 0.5) is 17.1 Å². The first-order valence-corrected chi connectivity index (χ1v) is 7.16. The quantitative estimate of drug-likeness (QED) is 0.560. The summed E-state index contributed by atoms with van der Waals surface area (Å²) >= 11 is 0. The van der Waals surface area contributed by atoms with Crippen LogP contribution in [0.25, 0.3) is 0 Å². The lowest BCUT2D eigenvalue weighted by Crippen LogP contribution is -2.09. The molecule has 0 aliphatic rings. The summed E-state index contributed by atoms with van der Waals surface area (Å²) in [5.74, 6) is 0.778. The monoisotopic (exact) mass is 287 g/mol. The second-order valence-electron chi connectivity index (χ2n) is 4.78. The molecule has 0 aliphatic heterocycles. The van der Waals surface area contributed by atoms with Crippen molar-refractivity contribution in [3.8, 4) is 5.75 Å². The molecule has 0 radical (unpaired) electrons. The van der Waals surface area contributed by atoms with Gasteiger partial charge >= 0.3 is 0 Å². The van der Waals surface area contributed by atoms with Gasteiger partial charge in [-0.05, 0) is 48.5 Å². The molecule has 2 heteroatoms. The molecule has 2 nitrogen and oxygen atoms in total. The highest BCUT2D eigenvalue weighted by molar-refractivity contribution is 5.76. The summed E-state index contributed by atoms with van der Waals surface area (Å²) in [4.78, 5) is 2.21. The number of anilines is 3. The van der Waals surface area contributed by atoms with Gasteiger partial charge in [-0.25, -0.2) is 0 Å². The van der Waals surface area contributed by atoms with Crippen LogP contribution in [0, 0.1) is 0 Å². The number of hydrogen-bond donors (Lipinski definition) is 0. The fraction of sp³-hybridized carbons (Fsp3) is 0. The minimum atomic E-state index is 0.778. The third kappa shape index (κ3) is 3.01. The normalized spacial score (nSPS) is 10.0. The average molecular weight is 287 g/mol. The summed E-state index contributed by atoms with van der Waals surface area (Å²) in [6.45, 7) is 3.58. The van der Waals surface area contributed by atoms with Crippen LogP contribution in [-0.2, 0) is 0 Å². The molecule has 3 rings (SSSR count). The lowest BCUT2D eigenvalue weighted by molar-refractivity contribution is 0.483. The fourth-order valence-corrected chi connectivity index (χ4v) is 2.37. The molecule has 3 aromatic carbocycles. The minimum absolute atomic E-state index is 0.778. The van der Waals surface area contributed by atoms with Gasteiger partial charge < -0.3 is 9.64 Å². The molecule has 108 valence electrons. The van der Waals surface area contributed by atoms with Gasteiger partial charge in [0, 0.05) is 17.1 Å². The number of nitrogens with zero attached hydrogens (tertiary/aromatic N) is 1. The van der Waals surface area contributed by atoms with E-state index in [9.17, 15) is 0 Å². The molecule has 0 fully saturated rings. The summed E-state index contributed by atoms with van der Waals surface area (Å²) < 4.78 is 5.30. The number of benzene rings is 3. The lowest BCUT2D eigenvalue weighted by Gasteiger charge is -2.25. The predicted molar refractivity (Wildman–Crippen MR) is 92.0 cm³/mol. The zero-order chi connectivity index (χ0) is 15.2. The molecule has 22 heavy (non-hydrogen) atoms. The molecule has 0 heterocycles. The van der Waals surface area contributed by atoms with Crippen molar-refractivity contribution in [1.29, 1.82) is 0 Å². The van der Waals surface area contributed by atoms with Gasteiger partial charge in [-0.15, -0.1) is 0 Å². The summed E-state index contributed by atoms with van der Waals surface area (Å²) in [5, 5.41) is 0. The molecule has 0 atom stereocenters. The van der Waals surface area contributed by atoms with Crippen molar-refractivity contribution in [3.63, 3.8) is 0 Å². The zero-order valence-electron chi connectivity index (χ0n) is 12.2. The van der Waals surface area contributed by atoms with Gasteiger partial charge in [-0.3, -0.25) is 0 Å². The zero-order valence-corrected chi connectivity index (χ0v) is 12.2. The van der Waals surface area contributed by atoms with Gasteiger partial charge in [0.15, 0.2) is 0 Å². The van der Waals surface area contributed by atoms with E-state index < -0.39 is 0 Å². The Bertz CT molecular complexity index is 681. The standard InChI is InChI=1S/C20H17NO/c1-2-22-20-15-13-19(14-16-20)21(17-9-5-3-6-10-17)18-11-7-4-8-12-18/h2-16H,1H2. The first kappa shape index (κ1) is 14.0. The molecule has 0 amide bonds. The van der Waals surface area contributed by atoms with Crippen molar-refractivity contribution in [3.05, 3.63) is 97.8 Å². The molecule has 0 aliphatic carbocycles. The van der Waals surface area contributed by atoms with Crippen LogP contribution in [0.3, 0.4) is 0 Å². The van der Waals surface area contributed by atoms with E-state index in [1.165, 1.54) is 6.26 Å². The van der Waals surface area contributed by atoms with Gasteiger partial charge in [0.1, 0.15) is 5.75 Å². The first-order chi connectivity index (χ1) is 10.9. The molecule has 0 unspecified atom stereocenters. The van der Waals surface area contributed by atoms with Crippen LogP contribution >= 0.6 is 0 Å². The molecule has 0 saturated heterocycles. The van der Waals surface area contributed by atoms with Gasteiger partial charge in [0.2, 0.25) is 0 Å². The minimum Gasteiger partial charge on any atom is -0.466 e. The Labute approximate surface area is 130 Å². The van der Waals surface area contributed by atoms with Gasteiger partial charge in [0.25, 0.3) is 0 Å². The number of rotatable bonds is 5. The van der Waals surface area contributed by atoms with E-state index in [1.54, 1.807) is 0 Å². The van der Waals surface area contributed by atoms with E-state index >= 15 is 0 Å². The summed E-state index contributed by atoms with van der Waals surface area (Å²) in [6.07, 6.45) is 1.43. The smallest absolute Gasteiger partial charge is 0.126 e. The second-order valence-corrected chi connectivity index (χ2v) is 4.78. The Morgan fingerprint density at radius 2 is 1.09 bits per heavy atom. The van der Waals surface area contributed by atoms with Gasteiger partial charge in [-0.2, -0.15) is 0 Å². The molecular weight excluding hydrogens is 270 g/mol. The van der Waals surface area contributed by atoms with Crippen molar-refractivity contribution in [1.82, 2.24) is 0 Å². The summed E-state index contributed by atoms with van der Waals surface area (Å²) in [6, 6.07) is 28.6. The van der Waals surface area contributed by atoms with E-state index in [0.29, 0.717) is 0 Å². The molecule has 0 aromatic heterocycles. The van der Waals surface area contributed by atoms with Crippen LogP contribution in [0.2, 0.25) is 0 Å². The number of ether oxygens (including phenoxy) is 1. The molecule has 0 spiro atoms. The van der Waals surface area contributed by atoms with Crippen molar-refractivity contribution in [2.45, 2.75) is 0 Å². The van der Waals surface area contributed by atoms with Crippen LogP contribution in [0.1, 0.15) is 0 Å². The van der Waals surface area contributed by atoms with E-state index in [2.05, 4.69) is 35.7 Å². The predicted octanol–water partition coefficient (Wildman–Crippen LogP) is 5.68. The van der Waals surface area contributed by atoms with E-state index in [4.69, 9.17) is 4.74 Å². The maximum atomic E-state index is 5.30. The Balaban J connectivity index is 2.04. The van der Waals surface area contributed by atoms with Gasteiger partial charge in [0.05, 0.1) is 6.26 Å². The Hall–Kier alpha value is -3.00. The lowest BCUT2D eigenvalue weighted by atomic mass is 10.2. The van der Waals surface area contributed by atoms with Crippen molar-refractivity contribution in [2.24, 2.45) is 0 Å². The molecule has 3 aromatic rings. The third-order valence-electron chi connectivity index (χ3n) is 3.34. The fourth-order valence-electron chi connectivity index (χ4n) is 2.37. The van der Waals surface area contributed by atoms with Crippen LogP contribution < -0.4 is 9.64 Å². The van der Waals surface area contributed by atoms with E-state index in [-0.39, 0.29) is 0 Å². The molecule has 0 saturated carbocycles. The summed E-state index contributed by atoms with van der Waals surface area (Å²) in [7, 11) is 0. The van der Waals surface area contributed by atoms with E-state index in [1.807, 2.05) is 60.7 Å². The van der Waals surface area contributed by atoms with Crippen LogP contribution in [-0.4, -0.2) is 0 Å². The van der Waals surface area contributed by atoms with Crippen LogP contribution in [0.15, 0.2) is 97.8 Å². The Kier molecular flexibility index (Phi) is 4.21. The van der Waals surface area contributed by atoms with Crippen molar-refractivity contribution >= 4 is 17.1 Å². The maximum Gasteiger partial charge on any atom is 0.126 e. The van der Waals surface area contributed by atoms with E-state index in [0.717, 1.165) is 22.8 Å². The van der Waals surface area contributed by atoms with Crippen molar-refractivity contribution < 1.29 is 4.74 Å². The molecular formula is C20H17NO. The Morgan fingerprint density at radius 3 is 1.55 bits per heavy atom. The largest absolute Gasteiger partial charge is 0.466 e. The highest BCUT2D eigenvalue weighted by Crippen LogP contribution is 2.34. The third-order valence-corrected chi connectivity index (χ3v) is 3.34. The highest BCUT2D eigenvalue weighted by atomic mass is 16.5. The SMILES string of the molecule is C=COc1ccc(N(c2ccccc2)c2ccccc2)cc1. The topological polar surface area (TPSA) is 12.5 Å². The van der Waals surface area contributed by atoms with Crippen LogP contribution in [0.5, 0.6) is 5.75 Å².